The van der Waals surface area contributed by atoms with Crippen LogP contribution < -0.4 is 20.0 Å². The Balaban J connectivity index is 1.46. The van der Waals surface area contributed by atoms with Crippen molar-refractivity contribution in [1.29, 1.82) is 0 Å². The Morgan fingerprint density at radius 3 is 2.09 bits per heavy atom. The molecule has 3 aromatic rings. The van der Waals surface area contributed by atoms with Gasteiger partial charge >= 0.3 is 7.12 Å². The van der Waals surface area contributed by atoms with Gasteiger partial charge in [-0.15, -0.1) is 23.2 Å². The lowest BCUT2D eigenvalue weighted by Crippen LogP contribution is -2.60. The van der Waals surface area contributed by atoms with Crippen molar-refractivity contribution in [2.24, 2.45) is 17.8 Å². The zero-order valence-corrected chi connectivity index (χ0v) is 31.1. The first-order chi connectivity index (χ1) is 24.8. The van der Waals surface area contributed by atoms with Gasteiger partial charge in [0.25, 0.3) is 11.8 Å². The van der Waals surface area contributed by atoms with E-state index in [1.807, 2.05) is 0 Å². The molecule has 4 amide bonds. The van der Waals surface area contributed by atoms with Crippen LogP contribution in [0.15, 0.2) is 50.9 Å². The van der Waals surface area contributed by atoms with Gasteiger partial charge in [0.05, 0.1) is 29.1 Å². The van der Waals surface area contributed by atoms with E-state index in [-0.39, 0.29) is 48.3 Å². The average molecular weight is 909 g/mol. The number of methoxy groups -OCH3 is 1. The van der Waals surface area contributed by atoms with Crippen molar-refractivity contribution in [3.8, 4) is 11.5 Å². The number of imide groups is 2. The van der Waals surface area contributed by atoms with E-state index in [9.17, 15) is 47.5 Å². The number of carbonyl (C=O) groups excluding carboxylic acids is 4. The maximum atomic E-state index is 15.3. The van der Waals surface area contributed by atoms with Crippen molar-refractivity contribution in [3.63, 3.8) is 0 Å². The fraction of sp³-hybridized carbons (Fsp3) is 0.273. The normalized spacial score (nSPS) is 27.9. The summed E-state index contributed by atoms with van der Waals surface area (Å²) in [6, 6.07) is 6.52. The summed E-state index contributed by atoms with van der Waals surface area (Å²) in [4.78, 5) is 52.1. The smallest absolute Gasteiger partial charge is 0.488 e. The highest BCUT2D eigenvalue weighted by atomic mass is 79.9. The van der Waals surface area contributed by atoms with Crippen LogP contribution in [0.2, 0.25) is 0 Å². The number of amides is 4. The van der Waals surface area contributed by atoms with Crippen LogP contribution in [-0.2, 0) is 19.2 Å². The van der Waals surface area contributed by atoms with Gasteiger partial charge in [0.1, 0.15) is 5.69 Å². The molecular formula is C33H20BBr2Cl2F5N2O8. The summed E-state index contributed by atoms with van der Waals surface area (Å²) < 4.78 is 79.0. The number of hydrogen-bond acceptors (Lipinski definition) is 8. The van der Waals surface area contributed by atoms with Crippen LogP contribution in [0.4, 0.5) is 33.3 Å². The van der Waals surface area contributed by atoms with Crippen molar-refractivity contribution >= 4 is 103 Å². The van der Waals surface area contributed by atoms with Crippen LogP contribution in [-0.4, -0.2) is 62.8 Å². The number of ether oxygens (including phenoxy) is 1. The van der Waals surface area contributed by atoms with E-state index in [4.69, 9.17) is 27.9 Å². The first-order valence-corrected chi connectivity index (χ1v) is 17.8. The van der Waals surface area contributed by atoms with Gasteiger partial charge in [-0.05, 0) is 79.8 Å². The van der Waals surface area contributed by atoms with Gasteiger partial charge in [0.2, 0.25) is 17.6 Å². The van der Waals surface area contributed by atoms with Gasteiger partial charge in [-0.2, -0.15) is 0 Å². The third-order valence-electron chi connectivity index (χ3n) is 10.4. The molecule has 0 spiro atoms. The highest BCUT2D eigenvalue weighted by molar-refractivity contribution is 9.13. The van der Waals surface area contributed by atoms with Crippen molar-refractivity contribution in [2.75, 3.05) is 16.9 Å². The molecule has 1 saturated carbocycles. The molecule has 2 saturated heterocycles. The van der Waals surface area contributed by atoms with E-state index in [1.54, 1.807) is 0 Å². The van der Waals surface area contributed by atoms with Crippen LogP contribution in [0.5, 0.6) is 11.5 Å². The van der Waals surface area contributed by atoms with Crippen molar-refractivity contribution in [1.82, 2.24) is 0 Å². The number of alkyl halides is 2. The Morgan fingerprint density at radius 2 is 1.49 bits per heavy atom. The molecule has 276 valence electrons. The van der Waals surface area contributed by atoms with E-state index in [0.717, 1.165) is 4.90 Å². The summed E-state index contributed by atoms with van der Waals surface area (Å²) in [5, 5.41) is 30.2. The number of fused-ring (bicyclic) bond motifs is 4. The Labute approximate surface area is 322 Å². The van der Waals surface area contributed by atoms with Crippen molar-refractivity contribution in [3.05, 3.63) is 85.6 Å². The fourth-order valence-electron chi connectivity index (χ4n) is 7.97. The van der Waals surface area contributed by atoms with Crippen LogP contribution in [0.3, 0.4) is 0 Å². The number of allylic oxidation sites excluding steroid dienone is 2. The lowest BCUT2D eigenvalue weighted by molar-refractivity contribution is -0.125. The number of rotatable bonds is 5. The summed E-state index contributed by atoms with van der Waals surface area (Å²) in [6.07, 6.45) is 0.614. The van der Waals surface area contributed by atoms with Crippen LogP contribution in [0.1, 0.15) is 24.3 Å². The third-order valence-corrected chi connectivity index (χ3v) is 13.9. The number of phenolic OH excluding ortho intramolecular Hbond substituents is 1. The van der Waals surface area contributed by atoms with Gasteiger partial charge in [-0.1, -0.05) is 23.8 Å². The van der Waals surface area contributed by atoms with E-state index in [2.05, 4.69) is 31.9 Å². The standard InChI is InChI=1S/C33H20BBr2Cl2F5N2O8/c1-53-16-8-14(19(35)20(36)27(16)46)18-12-5-6-13-17(29(48)44(28(13)47)11-4-2-3-10(7-11)34(51)52)15(12)9-32(37)30(49)45(31(50)33(18,32)38)26-24(42)22(40)21(39)23(41)25(26)43/h2-5,7-8,13,15,17-18,46,51-52H,6,9H2,1H3. The minimum atomic E-state index is -2.82. The molecule has 2 heterocycles. The van der Waals surface area contributed by atoms with Gasteiger partial charge in [0.15, 0.2) is 44.5 Å². The third kappa shape index (κ3) is 4.94. The van der Waals surface area contributed by atoms with Crippen LogP contribution in [0, 0.1) is 46.8 Å². The van der Waals surface area contributed by atoms with Gasteiger partial charge in [-0.3, -0.25) is 24.1 Å². The van der Waals surface area contributed by atoms with Crippen LogP contribution >= 0.6 is 55.1 Å². The number of halogens is 9. The SMILES string of the molecule is COc1cc(C2C3=CCC4C(=O)N(c5cccc(B(O)O)c5)C(=O)C4C3CC3(Cl)C(=O)N(c4c(F)c(F)c(F)c(F)c4F)C(=O)C23Cl)c(Br)c(Br)c1O. The molecule has 2 aliphatic heterocycles. The molecule has 53 heavy (non-hydrogen) atoms. The molecule has 6 atom stereocenters. The van der Waals surface area contributed by atoms with Crippen molar-refractivity contribution < 1.29 is 61.0 Å². The highest BCUT2D eigenvalue weighted by Gasteiger charge is 2.77. The topological polar surface area (TPSA) is 145 Å². The molecule has 0 radical (unpaired) electrons. The Kier molecular flexibility index (Phi) is 9.09. The predicted molar refractivity (Wildman–Crippen MR) is 185 cm³/mol. The number of benzene rings is 3. The second kappa shape index (κ2) is 12.8. The molecule has 0 bridgehead atoms. The molecule has 7 rings (SSSR count). The number of hydrogen-bond donors (Lipinski definition) is 3. The molecule has 3 aromatic carbocycles. The predicted octanol–water partition coefficient (Wildman–Crippen LogP) is 5.07. The molecule has 3 fully saturated rings. The fourth-order valence-corrected chi connectivity index (χ4v) is 9.85. The summed E-state index contributed by atoms with van der Waals surface area (Å²) >= 11 is 20.9. The zero-order valence-electron chi connectivity index (χ0n) is 26.4. The van der Waals surface area contributed by atoms with Gasteiger partial charge < -0.3 is 19.9 Å². The zero-order chi connectivity index (χ0) is 38.8. The minimum Gasteiger partial charge on any atom is -0.503 e. The lowest BCUT2D eigenvalue weighted by atomic mass is 9.56. The molecular weight excluding hydrogens is 889 g/mol. The summed E-state index contributed by atoms with van der Waals surface area (Å²) in [7, 11) is -0.760. The number of nitrogens with zero attached hydrogens (tertiary/aromatic N) is 2. The van der Waals surface area contributed by atoms with Gasteiger partial charge in [0, 0.05) is 10.4 Å². The molecule has 6 unspecified atom stereocenters. The lowest BCUT2D eigenvalue weighted by Gasteiger charge is -2.51. The largest absolute Gasteiger partial charge is 0.503 e. The molecule has 3 N–H and O–H groups in total. The van der Waals surface area contributed by atoms with E-state index >= 15 is 8.78 Å². The Morgan fingerprint density at radius 1 is 0.868 bits per heavy atom. The molecule has 4 aliphatic rings. The summed E-state index contributed by atoms with van der Waals surface area (Å²) in [6.45, 7) is 0. The number of phenols is 1. The summed E-state index contributed by atoms with van der Waals surface area (Å²) in [5.41, 5.74) is -1.85. The second-order valence-corrected chi connectivity index (χ2v) is 15.6. The number of aromatic hydroxyl groups is 1. The second-order valence-electron chi connectivity index (χ2n) is 12.8. The monoisotopic (exact) mass is 906 g/mol. The quantitative estimate of drug-likeness (QED) is 0.0613. The van der Waals surface area contributed by atoms with Crippen LogP contribution in [0.25, 0.3) is 0 Å². The molecule has 0 aromatic heterocycles. The molecule has 2 aliphatic carbocycles. The Bertz CT molecular complexity index is 2220. The maximum absolute atomic E-state index is 15.3. The average Bonchev–Trinajstić information content (AvgIpc) is 3.47. The molecule has 20 heteroatoms. The maximum Gasteiger partial charge on any atom is 0.488 e. The Hall–Kier alpha value is -3.55. The summed E-state index contributed by atoms with van der Waals surface area (Å²) in [5.74, 6) is -23.3. The van der Waals surface area contributed by atoms with E-state index < -0.39 is 111 Å². The first kappa shape index (κ1) is 37.8. The van der Waals surface area contributed by atoms with Gasteiger partial charge in [-0.25, -0.2) is 26.9 Å². The minimum absolute atomic E-state index is 0.00766. The van der Waals surface area contributed by atoms with E-state index in [1.165, 1.54) is 43.5 Å². The molecule has 10 nitrogen and oxygen atoms in total. The first-order valence-electron chi connectivity index (χ1n) is 15.4. The van der Waals surface area contributed by atoms with E-state index in [0.29, 0.717) is 0 Å². The number of carbonyl (C=O) groups is 4. The highest BCUT2D eigenvalue weighted by Crippen LogP contribution is 2.67. The van der Waals surface area contributed by atoms with Crippen molar-refractivity contribution in [2.45, 2.75) is 28.5 Å². The number of anilines is 2.